The van der Waals surface area contributed by atoms with Gasteiger partial charge in [-0.1, -0.05) is 83.8 Å². The molecular formula is C36H30BrCl. The van der Waals surface area contributed by atoms with Crippen LogP contribution in [-0.2, 0) is 10.8 Å². The fourth-order valence-corrected chi connectivity index (χ4v) is 10.5. The first-order valence-electron chi connectivity index (χ1n) is 14.2. The largest absolute Gasteiger partial charge is 0.0843 e. The van der Waals surface area contributed by atoms with Crippen molar-refractivity contribution in [3.8, 4) is 33.4 Å². The van der Waals surface area contributed by atoms with Gasteiger partial charge >= 0.3 is 0 Å². The highest BCUT2D eigenvalue weighted by atomic mass is 79.9. The lowest BCUT2D eigenvalue weighted by Crippen LogP contribution is -2.69. The number of halogens is 2. The van der Waals surface area contributed by atoms with Crippen LogP contribution in [0.15, 0.2) is 83.3 Å². The number of hydrogen-bond donors (Lipinski definition) is 0. The topological polar surface area (TPSA) is 0 Å². The average Bonchev–Trinajstić information content (AvgIpc) is 3.31. The Morgan fingerprint density at radius 3 is 2.21 bits per heavy atom. The predicted octanol–water partition coefficient (Wildman–Crippen LogP) is 10.4. The molecule has 4 aromatic carbocycles. The highest BCUT2D eigenvalue weighted by Gasteiger charge is 2.85. The smallest absolute Gasteiger partial charge is 0.0418 e. The second kappa shape index (κ2) is 7.04. The van der Waals surface area contributed by atoms with Gasteiger partial charge in [-0.2, -0.15) is 0 Å². The lowest BCUT2D eigenvalue weighted by Gasteiger charge is -2.74. The molecule has 6 aliphatic rings. The van der Waals surface area contributed by atoms with Crippen LogP contribution in [0.5, 0.6) is 0 Å². The molecule has 0 saturated heterocycles. The van der Waals surface area contributed by atoms with Crippen LogP contribution in [-0.4, -0.2) is 0 Å². The van der Waals surface area contributed by atoms with Gasteiger partial charge in [0.25, 0.3) is 0 Å². The van der Waals surface area contributed by atoms with E-state index in [1.54, 1.807) is 5.56 Å². The van der Waals surface area contributed by atoms with Crippen LogP contribution in [0, 0.1) is 23.2 Å². The zero-order valence-electron chi connectivity index (χ0n) is 21.8. The minimum absolute atomic E-state index is 0.0218. The SMILES string of the molecule is CC1(C)c2ccc(-c3cc(Cl)cc(-c4ccc(Br)cc4)c3)cc2-c2ccc(C34CC5CC6C[C@@H]3C65C4)cc21. The Labute approximate surface area is 238 Å². The van der Waals surface area contributed by atoms with Gasteiger partial charge < -0.3 is 0 Å². The Hall–Kier alpha value is -2.35. The second-order valence-electron chi connectivity index (χ2n) is 13.4. The van der Waals surface area contributed by atoms with Gasteiger partial charge in [0.05, 0.1) is 0 Å². The van der Waals surface area contributed by atoms with E-state index in [2.05, 4.69) is 109 Å². The van der Waals surface area contributed by atoms with Crippen molar-refractivity contribution < 1.29 is 0 Å². The Bertz CT molecular complexity index is 1690. The summed E-state index contributed by atoms with van der Waals surface area (Å²) in [5.41, 5.74) is 13.4. The van der Waals surface area contributed by atoms with Crippen molar-refractivity contribution in [2.24, 2.45) is 23.2 Å². The van der Waals surface area contributed by atoms with Crippen LogP contribution in [0.3, 0.4) is 0 Å². The van der Waals surface area contributed by atoms with Gasteiger partial charge in [-0.05, 0) is 141 Å². The van der Waals surface area contributed by atoms with E-state index in [1.807, 2.05) is 0 Å². The molecule has 38 heavy (non-hydrogen) atoms. The predicted molar refractivity (Wildman–Crippen MR) is 161 cm³/mol. The highest BCUT2D eigenvalue weighted by molar-refractivity contribution is 9.10. The van der Waals surface area contributed by atoms with Gasteiger partial charge in [0.2, 0.25) is 0 Å². The minimum atomic E-state index is 0.0218. The Morgan fingerprint density at radius 1 is 0.711 bits per heavy atom. The molecule has 0 amide bonds. The monoisotopic (exact) mass is 576 g/mol. The second-order valence-corrected chi connectivity index (χ2v) is 14.8. The lowest BCUT2D eigenvalue weighted by molar-refractivity contribution is -0.236. The van der Waals surface area contributed by atoms with Crippen LogP contribution in [0.25, 0.3) is 33.4 Å². The molecule has 2 heteroatoms. The molecule has 5 atom stereocenters. The molecule has 10 rings (SSSR count). The molecule has 6 aliphatic carbocycles. The Morgan fingerprint density at radius 2 is 1.47 bits per heavy atom. The molecule has 5 fully saturated rings. The molecule has 188 valence electrons. The van der Waals surface area contributed by atoms with E-state index >= 15 is 0 Å². The first-order chi connectivity index (χ1) is 18.3. The summed E-state index contributed by atoms with van der Waals surface area (Å²) in [7, 11) is 0. The van der Waals surface area contributed by atoms with Crippen molar-refractivity contribution >= 4 is 27.5 Å². The van der Waals surface area contributed by atoms with Crippen LogP contribution in [0.1, 0.15) is 56.2 Å². The maximum Gasteiger partial charge on any atom is 0.0418 e. The molecule has 0 aliphatic heterocycles. The van der Waals surface area contributed by atoms with Crippen LogP contribution in [0.2, 0.25) is 5.02 Å². The third kappa shape index (κ3) is 2.55. The van der Waals surface area contributed by atoms with Crippen molar-refractivity contribution in [2.45, 2.75) is 50.4 Å². The molecular weight excluding hydrogens is 548 g/mol. The summed E-state index contributed by atoms with van der Waals surface area (Å²) in [6.45, 7) is 4.84. The minimum Gasteiger partial charge on any atom is -0.0843 e. The van der Waals surface area contributed by atoms with E-state index in [9.17, 15) is 0 Å². The first kappa shape index (κ1) is 22.5. The van der Waals surface area contributed by atoms with Crippen molar-refractivity contribution in [1.29, 1.82) is 0 Å². The third-order valence-corrected chi connectivity index (χ3v) is 12.6. The summed E-state index contributed by atoms with van der Waals surface area (Å²) in [5.74, 6) is 3.10. The summed E-state index contributed by atoms with van der Waals surface area (Å²) < 4.78 is 1.08. The van der Waals surface area contributed by atoms with Crippen molar-refractivity contribution in [3.05, 3.63) is 105 Å². The van der Waals surface area contributed by atoms with Crippen LogP contribution in [0.4, 0.5) is 0 Å². The number of rotatable bonds is 3. The number of benzene rings is 4. The maximum absolute atomic E-state index is 6.65. The molecule has 4 unspecified atom stereocenters. The lowest BCUT2D eigenvalue weighted by atomic mass is 9.30. The Kier molecular flexibility index (Phi) is 4.16. The standard InChI is InChI=1S/C36H30BrCl/c1-34(2)31-10-5-21(23-11-22(12-28(38)13-23)20-3-7-27(37)8-4-20)14-30(31)29-9-6-24(16-32(29)34)35-18-26-15-25-17-33(35)36(25,26)19-35/h3-14,16,25-26,33H,15,17-19H2,1-2H3/t25?,26?,33-,35?,36?/m0/s1. The summed E-state index contributed by atoms with van der Waals surface area (Å²) in [6.07, 6.45) is 5.96. The molecule has 0 aromatic heterocycles. The molecule has 2 bridgehead atoms. The zero-order valence-corrected chi connectivity index (χ0v) is 24.2. The average molecular weight is 578 g/mol. The van der Waals surface area contributed by atoms with Gasteiger partial charge in [-0.25, -0.2) is 0 Å². The van der Waals surface area contributed by atoms with Gasteiger partial charge in [-0.3, -0.25) is 0 Å². The first-order valence-corrected chi connectivity index (χ1v) is 15.3. The fraction of sp³-hybridized carbons (Fsp3) is 0.333. The molecule has 4 aromatic rings. The van der Waals surface area contributed by atoms with Gasteiger partial charge in [-0.15, -0.1) is 0 Å². The van der Waals surface area contributed by atoms with Gasteiger partial charge in [0, 0.05) is 14.9 Å². The van der Waals surface area contributed by atoms with Crippen molar-refractivity contribution in [2.75, 3.05) is 0 Å². The molecule has 1 spiro atoms. The fourth-order valence-electron chi connectivity index (χ4n) is 10.0. The number of fused-ring (bicyclic) bond motifs is 3. The highest BCUT2D eigenvalue weighted by Crippen LogP contribution is 2.90. The van der Waals surface area contributed by atoms with E-state index in [0.717, 1.165) is 38.2 Å². The summed E-state index contributed by atoms with van der Waals surface area (Å²) >= 11 is 10.2. The van der Waals surface area contributed by atoms with Crippen LogP contribution >= 0.6 is 27.5 Å². The molecule has 0 heterocycles. The van der Waals surface area contributed by atoms with Crippen molar-refractivity contribution in [3.63, 3.8) is 0 Å². The van der Waals surface area contributed by atoms with E-state index in [1.165, 1.54) is 64.6 Å². The maximum atomic E-state index is 6.65. The van der Waals surface area contributed by atoms with Crippen LogP contribution < -0.4 is 0 Å². The summed E-state index contributed by atoms with van der Waals surface area (Å²) in [5, 5.41) is 0.771. The van der Waals surface area contributed by atoms with E-state index in [4.69, 9.17) is 11.6 Å². The van der Waals surface area contributed by atoms with E-state index in [-0.39, 0.29) is 5.41 Å². The quantitative estimate of drug-likeness (QED) is 0.227. The van der Waals surface area contributed by atoms with Gasteiger partial charge in [0.1, 0.15) is 0 Å². The normalized spacial score (nSPS) is 31.9. The Balaban J connectivity index is 1.12. The van der Waals surface area contributed by atoms with Gasteiger partial charge in [0.15, 0.2) is 0 Å². The number of hydrogen-bond acceptors (Lipinski definition) is 0. The zero-order chi connectivity index (χ0) is 25.6. The van der Waals surface area contributed by atoms with E-state index in [0.29, 0.717) is 5.41 Å². The van der Waals surface area contributed by atoms with Crippen molar-refractivity contribution in [1.82, 2.24) is 0 Å². The summed E-state index contributed by atoms with van der Waals surface area (Å²) in [4.78, 5) is 0. The molecule has 0 N–H and O–H groups in total. The summed E-state index contributed by atoms with van der Waals surface area (Å²) in [6, 6.07) is 29.5. The molecule has 0 nitrogen and oxygen atoms in total. The molecule has 0 radical (unpaired) electrons. The molecule has 5 saturated carbocycles. The van der Waals surface area contributed by atoms with E-state index < -0.39 is 0 Å². The third-order valence-electron chi connectivity index (χ3n) is 11.8.